The lowest BCUT2D eigenvalue weighted by atomic mass is 10.1. The average molecular weight is 354 g/mol. The molecule has 1 amide bonds. The number of likely N-dealkylation sites (N-methyl/N-ethyl adjacent to an activating group) is 1. The van der Waals surface area contributed by atoms with E-state index in [1.807, 2.05) is 37.1 Å². The SMILES string of the molecule is Cc1cccc(NC(=O)c2ccc(N3CCN(C)CC3)c([N+](=O)[O-])c2)c1. The molecule has 0 bridgehead atoms. The van der Waals surface area contributed by atoms with Gasteiger partial charge in [0.25, 0.3) is 11.6 Å². The zero-order valence-corrected chi connectivity index (χ0v) is 14.9. The minimum Gasteiger partial charge on any atom is -0.363 e. The summed E-state index contributed by atoms with van der Waals surface area (Å²) in [5.74, 6) is -0.358. The van der Waals surface area contributed by atoms with Crippen LogP contribution in [0.15, 0.2) is 42.5 Å². The van der Waals surface area contributed by atoms with E-state index in [0.29, 0.717) is 11.4 Å². The largest absolute Gasteiger partial charge is 0.363 e. The predicted octanol–water partition coefficient (Wildman–Crippen LogP) is 2.91. The number of carbonyl (C=O) groups excluding carboxylic acids is 1. The number of nitro groups is 1. The lowest BCUT2D eigenvalue weighted by molar-refractivity contribution is -0.384. The summed E-state index contributed by atoms with van der Waals surface area (Å²) < 4.78 is 0. The highest BCUT2D eigenvalue weighted by Crippen LogP contribution is 2.30. The van der Waals surface area contributed by atoms with Gasteiger partial charge in [0.15, 0.2) is 0 Å². The molecule has 0 unspecified atom stereocenters. The molecule has 0 spiro atoms. The molecule has 0 aromatic heterocycles. The molecule has 26 heavy (non-hydrogen) atoms. The third kappa shape index (κ3) is 4.00. The molecule has 2 aromatic carbocycles. The molecule has 1 fully saturated rings. The number of hydrogen-bond donors (Lipinski definition) is 1. The maximum absolute atomic E-state index is 12.5. The number of benzene rings is 2. The van der Waals surface area contributed by atoms with Gasteiger partial charge in [-0.25, -0.2) is 0 Å². The molecule has 2 aromatic rings. The fourth-order valence-corrected chi connectivity index (χ4v) is 3.05. The standard InChI is InChI=1S/C19H22N4O3/c1-14-4-3-5-16(12-14)20-19(24)15-6-7-17(18(13-15)23(25)26)22-10-8-21(2)9-11-22/h3-7,12-13H,8-11H2,1-2H3,(H,20,24). The van der Waals surface area contributed by atoms with Gasteiger partial charge in [-0.1, -0.05) is 12.1 Å². The van der Waals surface area contributed by atoms with Gasteiger partial charge in [-0.15, -0.1) is 0 Å². The molecule has 1 aliphatic rings. The van der Waals surface area contributed by atoms with Gasteiger partial charge in [-0.05, 0) is 43.8 Å². The third-order valence-electron chi connectivity index (χ3n) is 4.55. The van der Waals surface area contributed by atoms with Gasteiger partial charge in [0, 0.05) is 43.5 Å². The Hall–Kier alpha value is -2.93. The van der Waals surface area contributed by atoms with Gasteiger partial charge in [-0.2, -0.15) is 0 Å². The molecule has 0 radical (unpaired) electrons. The zero-order chi connectivity index (χ0) is 18.7. The lowest BCUT2D eigenvalue weighted by Crippen LogP contribution is -2.44. The lowest BCUT2D eigenvalue weighted by Gasteiger charge is -2.33. The second kappa shape index (κ2) is 7.53. The molecular weight excluding hydrogens is 332 g/mol. The summed E-state index contributed by atoms with van der Waals surface area (Å²) in [6.07, 6.45) is 0. The van der Waals surface area contributed by atoms with Crippen LogP contribution in [-0.4, -0.2) is 49.0 Å². The first-order valence-corrected chi connectivity index (χ1v) is 8.54. The Morgan fingerprint density at radius 1 is 1.12 bits per heavy atom. The molecule has 0 saturated carbocycles. The number of rotatable bonds is 4. The van der Waals surface area contributed by atoms with Gasteiger partial charge in [0.2, 0.25) is 0 Å². The van der Waals surface area contributed by atoms with Crippen LogP contribution in [-0.2, 0) is 0 Å². The first-order valence-electron chi connectivity index (χ1n) is 8.54. The van der Waals surface area contributed by atoms with Crippen LogP contribution >= 0.6 is 0 Å². The number of piperazine rings is 1. The Morgan fingerprint density at radius 3 is 2.50 bits per heavy atom. The third-order valence-corrected chi connectivity index (χ3v) is 4.55. The quantitative estimate of drug-likeness (QED) is 0.675. The molecule has 136 valence electrons. The van der Waals surface area contributed by atoms with Crippen LogP contribution in [0.5, 0.6) is 0 Å². The van der Waals surface area contributed by atoms with E-state index in [9.17, 15) is 14.9 Å². The molecule has 1 saturated heterocycles. The topological polar surface area (TPSA) is 78.7 Å². The van der Waals surface area contributed by atoms with Crippen LogP contribution in [0.25, 0.3) is 0 Å². The van der Waals surface area contributed by atoms with Gasteiger partial charge >= 0.3 is 0 Å². The van der Waals surface area contributed by atoms with E-state index in [2.05, 4.69) is 10.2 Å². The second-order valence-electron chi connectivity index (χ2n) is 6.57. The van der Waals surface area contributed by atoms with Crippen molar-refractivity contribution < 1.29 is 9.72 Å². The van der Waals surface area contributed by atoms with Crippen molar-refractivity contribution in [1.82, 2.24) is 4.90 Å². The molecule has 1 N–H and O–H groups in total. The number of amides is 1. The first kappa shape index (κ1) is 17.9. The summed E-state index contributed by atoms with van der Waals surface area (Å²) in [4.78, 5) is 27.8. The van der Waals surface area contributed by atoms with E-state index in [1.54, 1.807) is 18.2 Å². The van der Waals surface area contributed by atoms with Gasteiger partial charge in [0.1, 0.15) is 5.69 Å². The summed E-state index contributed by atoms with van der Waals surface area (Å²) in [6, 6.07) is 12.1. The van der Waals surface area contributed by atoms with Crippen LogP contribution in [0.1, 0.15) is 15.9 Å². The zero-order valence-electron chi connectivity index (χ0n) is 14.9. The summed E-state index contributed by atoms with van der Waals surface area (Å²) >= 11 is 0. The highest BCUT2D eigenvalue weighted by Gasteiger charge is 2.24. The Kier molecular flexibility index (Phi) is 5.18. The van der Waals surface area contributed by atoms with E-state index < -0.39 is 4.92 Å². The molecule has 3 rings (SSSR count). The molecule has 0 atom stereocenters. The van der Waals surface area contributed by atoms with E-state index in [0.717, 1.165) is 31.7 Å². The summed E-state index contributed by atoms with van der Waals surface area (Å²) in [6.45, 7) is 5.10. The van der Waals surface area contributed by atoms with E-state index in [4.69, 9.17) is 0 Å². The minimum atomic E-state index is -0.420. The van der Waals surface area contributed by atoms with Crippen molar-refractivity contribution in [3.05, 3.63) is 63.7 Å². The maximum Gasteiger partial charge on any atom is 0.293 e. The molecule has 0 aliphatic carbocycles. The summed E-state index contributed by atoms with van der Waals surface area (Å²) in [5.41, 5.74) is 2.50. The van der Waals surface area contributed by atoms with Gasteiger partial charge < -0.3 is 15.1 Å². The fourth-order valence-electron chi connectivity index (χ4n) is 3.05. The second-order valence-corrected chi connectivity index (χ2v) is 6.57. The number of aryl methyl sites for hydroxylation is 1. The highest BCUT2D eigenvalue weighted by atomic mass is 16.6. The Morgan fingerprint density at radius 2 is 1.85 bits per heavy atom. The Balaban J connectivity index is 1.83. The number of nitrogens with one attached hydrogen (secondary N) is 1. The number of nitrogens with zero attached hydrogens (tertiary/aromatic N) is 3. The monoisotopic (exact) mass is 354 g/mol. The average Bonchev–Trinajstić information content (AvgIpc) is 2.62. The van der Waals surface area contributed by atoms with Crippen molar-refractivity contribution in [3.63, 3.8) is 0 Å². The minimum absolute atomic E-state index is 0.0357. The van der Waals surface area contributed by atoms with E-state index in [1.165, 1.54) is 6.07 Å². The fraction of sp³-hybridized carbons (Fsp3) is 0.316. The van der Waals surface area contributed by atoms with Crippen LogP contribution in [0.3, 0.4) is 0 Å². The van der Waals surface area contributed by atoms with Gasteiger partial charge in [0.05, 0.1) is 4.92 Å². The molecule has 1 heterocycles. The van der Waals surface area contributed by atoms with Crippen molar-refractivity contribution >= 4 is 23.0 Å². The van der Waals surface area contributed by atoms with Gasteiger partial charge in [-0.3, -0.25) is 14.9 Å². The number of hydrogen-bond acceptors (Lipinski definition) is 5. The normalized spacial score (nSPS) is 14.9. The van der Waals surface area contributed by atoms with Crippen LogP contribution in [0, 0.1) is 17.0 Å². The van der Waals surface area contributed by atoms with E-state index in [-0.39, 0.29) is 17.2 Å². The number of carbonyl (C=O) groups is 1. The van der Waals surface area contributed by atoms with Crippen LogP contribution in [0.2, 0.25) is 0 Å². The van der Waals surface area contributed by atoms with Crippen molar-refractivity contribution in [1.29, 1.82) is 0 Å². The number of nitro benzene ring substituents is 1. The molecule has 7 heteroatoms. The maximum atomic E-state index is 12.5. The highest BCUT2D eigenvalue weighted by molar-refractivity contribution is 6.05. The summed E-state index contributed by atoms with van der Waals surface area (Å²) in [5, 5.41) is 14.3. The van der Waals surface area contributed by atoms with Crippen molar-refractivity contribution in [2.45, 2.75) is 6.92 Å². The Labute approximate surface area is 152 Å². The van der Waals surface area contributed by atoms with Crippen molar-refractivity contribution in [3.8, 4) is 0 Å². The molecular formula is C19H22N4O3. The van der Waals surface area contributed by atoms with Crippen molar-refractivity contribution in [2.24, 2.45) is 0 Å². The molecule has 7 nitrogen and oxygen atoms in total. The molecule has 1 aliphatic heterocycles. The smallest absolute Gasteiger partial charge is 0.293 e. The van der Waals surface area contributed by atoms with E-state index >= 15 is 0 Å². The summed E-state index contributed by atoms with van der Waals surface area (Å²) in [7, 11) is 2.03. The predicted molar refractivity (Wildman–Crippen MR) is 102 cm³/mol. The Bertz CT molecular complexity index is 829. The first-order chi connectivity index (χ1) is 12.4. The number of anilines is 2. The van der Waals surface area contributed by atoms with Crippen LogP contribution in [0.4, 0.5) is 17.1 Å². The van der Waals surface area contributed by atoms with Crippen molar-refractivity contribution in [2.75, 3.05) is 43.4 Å². The van der Waals surface area contributed by atoms with Crippen LogP contribution < -0.4 is 10.2 Å².